The molecule has 2 atom stereocenters. The Balaban J connectivity index is 2.03. The van der Waals surface area contributed by atoms with E-state index >= 15 is 0 Å². The molecule has 1 aromatic rings. The van der Waals surface area contributed by atoms with Crippen molar-refractivity contribution in [1.29, 1.82) is 0 Å². The van der Waals surface area contributed by atoms with E-state index in [0.29, 0.717) is 13.2 Å². The van der Waals surface area contributed by atoms with E-state index in [1.165, 1.54) is 0 Å². The summed E-state index contributed by atoms with van der Waals surface area (Å²) in [6.07, 6.45) is 9.12. The van der Waals surface area contributed by atoms with Crippen LogP contribution in [0, 0.1) is 0 Å². The number of hydrogen-bond donors (Lipinski definition) is 0. The van der Waals surface area contributed by atoms with E-state index < -0.39 is 5.79 Å². The predicted octanol–water partition coefficient (Wildman–Crippen LogP) is 2.99. The van der Waals surface area contributed by atoms with Crippen molar-refractivity contribution in [3.8, 4) is 0 Å². The SMILES string of the molecule is ClC1C=CC(C2(c3ccncc3)OCCO2)=CC1Cl. The zero-order valence-electron chi connectivity index (χ0n) is 10.1. The lowest BCUT2D eigenvalue weighted by atomic mass is 9.93. The first kappa shape index (κ1) is 13.1. The number of aromatic nitrogens is 1. The molecule has 1 aliphatic heterocycles. The molecule has 0 amide bonds. The van der Waals surface area contributed by atoms with Gasteiger partial charge >= 0.3 is 0 Å². The molecule has 5 heteroatoms. The van der Waals surface area contributed by atoms with E-state index in [9.17, 15) is 0 Å². The molecule has 2 unspecified atom stereocenters. The zero-order chi connectivity index (χ0) is 13.3. The Kier molecular flexibility index (Phi) is 3.63. The minimum Gasteiger partial charge on any atom is -0.340 e. The summed E-state index contributed by atoms with van der Waals surface area (Å²) in [5.74, 6) is -0.885. The van der Waals surface area contributed by atoms with Gasteiger partial charge in [-0.15, -0.1) is 23.2 Å². The van der Waals surface area contributed by atoms with Crippen LogP contribution in [0.15, 0.2) is 48.3 Å². The quantitative estimate of drug-likeness (QED) is 0.787. The topological polar surface area (TPSA) is 31.4 Å². The number of rotatable bonds is 2. The molecule has 0 bridgehead atoms. The Morgan fingerprint density at radius 1 is 1.11 bits per heavy atom. The van der Waals surface area contributed by atoms with Crippen LogP contribution < -0.4 is 0 Å². The summed E-state index contributed by atoms with van der Waals surface area (Å²) in [6, 6.07) is 3.77. The van der Waals surface area contributed by atoms with Gasteiger partial charge in [-0.25, -0.2) is 0 Å². The van der Waals surface area contributed by atoms with Crippen molar-refractivity contribution in [2.75, 3.05) is 13.2 Å². The molecular weight excluding hydrogens is 285 g/mol. The fraction of sp³-hybridized carbons (Fsp3) is 0.357. The van der Waals surface area contributed by atoms with Gasteiger partial charge in [-0.3, -0.25) is 4.98 Å². The summed E-state index contributed by atoms with van der Waals surface area (Å²) >= 11 is 12.3. The second-order valence-electron chi connectivity index (χ2n) is 4.42. The van der Waals surface area contributed by atoms with Gasteiger partial charge in [0.05, 0.1) is 24.0 Å². The Morgan fingerprint density at radius 3 is 2.42 bits per heavy atom. The van der Waals surface area contributed by atoms with E-state index in [0.717, 1.165) is 11.1 Å². The van der Waals surface area contributed by atoms with Crippen LogP contribution in [-0.2, 0) is 15.3 Å². The highest BCUT2D eigenvalue weighted by Crippen LogP contribution is 2.41. The van der Waals surface area contributed by atoms with E-state index in [2.05, 4.69) is 4.98 Å². The fourth-order valence-corrected chi connectivity index (χ4v) is 2.69. The number of ether oxygens (including phenoxy) is 2. The molecule has 2 aliphatic rings. The van der Waals surface area contributed by atoms with Crippen LogP contribution in [0.3, 0.4) is 0 Å². The predicted molar refractivity (Wildman–Crippen MR) is 74.3 cm³/mol. The van der Waals surface area contributed by atoms with Gasteiger partial charge in [-0.05, 0) is 12.1 Å². The maximum atomic E-state index is 6.21. The molecule has 2 heterocycles. The summed E-state index contributed by atoms with van der Waals surface area (Å²) in [5, 5.41) is -0.477. The van der Waals surface area contributed by atoms with Crippen LogP contribution in [0.4, 0.5) is 0 Å². The Bertz CT molecular complexity index is 509. The molecule has 0 N–H and O–H groups in total. The summed E-state index contributed by atoms with van der Waals surface area (Å²) in [5.41, 5.74) is 1.79. The second-order valence-corrected chi connectivity index (χ2v) is 5.43. The maximum absolute atomic E-state index is 6.21. The summed E-state index contributed by atoms with van der Waals surface area (Å²) < 4.78 is 11.8. The lowest BCUT2D eigenvalue weighted by molar-refractivity contribution is -0.130. The monoisotopic (exact) mass is 297 g/mol. The highest BCUT2D eigenvalue weighted by atomic mass is 35.5. The number of allylic oxidation sites excluding steroid dienone is 2. The normalized spacial score (nSPS) is 29.3. The number of halogens is 2. The third-order valence-electron chi connectivity index (χ3n) is 3.24. The highest BCUT2D eigenvalue weighted by Gasteiger charge is 2.42. The molecule has 19 heavy (non-hydrogen) atoms. The van der Waals surface area contributed by atoms with Gasteiger partial charge in [0, 0.05) is 23.5 Å². The fourth-order valence-electron chi connectivity index (χ4n) is 2.32. The molecular formula is C14H13Cl2NO2. The van der Waals surface area contributed by atoms with Crippen molar-refractivity contribution in [3.05, 3.63) is 53.9 Å². The standard InChI is InChI=1S/C14H13Cl2NO2/c15-12-2-1-11(9-13(12)16)14(18-7-8-19-14)10-3-5-17-6-4-10/h1-6,9,12-13H,7-8H2. The van der Waals surface area contributed by atoms with E-state index in [4.69, 9.17) is 32.7 Å². The van der Waals surface area contributed by atoms with Crippen molar-refractivity contribution in [2.45, 2.75) is 16.5 Å². The lowest BCUT2D eigenvalue weighted by Crippen LogP contribution is -2.31. The summed E-state index contributed by atoms with van der Waals surface area (Å²) in [4.78, 5) is 4.02. The van der Waals surface area contributed by atoms with Gasteiger partial charge in [0.2, 0.25) is 5.79 Å². The van der Waals surface area contributed by atoms with Crippen molar-refractivity contribution in [1.82, 2.24) is 4.98 Å². The van der Waals surface area contributed by atoms with E-state index in [1.54, 1.807) is 12.4 Å². The van der Waals surface area contributed by atoms with Crippen LogP contribution in [0.25, 0.3) is 0 Å². The molecule has 0 radical (unpaired) electrons. The molecule has 0 saturated carbocycles. The summed E-state index contributed by atoms with van der Waals surface area (Å²) in [7, 11) is 0. The molecule has 1 fully saturated rings. The van der Waals surface area contributed by atoms with Gasteiger partial charge in [-0.2, -0.15) is 0 Å². The van der Waals surface area contributed by atoms with Gasteiger partial charge in [-0.1, -0.05) is 18.2 Å². The minimum atomic E-state index is -0.885. The first-order valence-electron chi connectivity index (χ1n) is 6.09. The van der Waals surface area contributed by atoms with Crippen molar-refractivity contribution >= 4 is 23.2 Å². The van der Waals surface area contributed by atoms with E-state index in [1.807, 2.05) is 30.4 Å². The average molecular weight is 298 g/mol. The molecule has 0 spiro atoms. The minimum absolute atomic E-state index is 0.207. The number of hydrogen-bond acceptors (Lipinski definition) is 3. The van der Waals surface area contributed by atoms with E-state index in [-0.39, 0.29) is 10.8 Å². The Morgan fingerprint density at radius 2 is 1.79 bits per heavy atom. The largest absolute Gasteiger partial charge is 0.340 e. The van der Waals surface area contributed by atoms with Crippen molar-refractivity contribution in [3.63, 3.8) is 0 Å². The van der Waals surface area contributed by atoms with Gasteiger partial charge in [0.25, 0.3) is 0 Å². The van der Waals surface area contributed by atoms with Gasteiger partial charge in [0.15, 0.2) is 0 Å². The van der Waals surface area contributed by atoms with Gasteiger partial charge in [0.1, 0.15) is 0 Å². The average Bonchev–Trinajstić information content (AvgIpc) is 2.93. The van der Waals surface area contributed by atoms with Crippen molar-refractivity contribution < 1.29 is 9.47 Å². The van der Waals surface area contributed by atoms with Gasteiger partial charge < -0.3 is 9.47 Å². The Hall–Kier alpha value is -0.870. The Labute approximate surface area is 121 Å². The first-order chi connectivity index (χ1) is 9.22. The third kappa shape index (κ3) is 2.32. The van der Waals surface area contributed by atoms with Crippen LogP contribution in [0.5, 0.6) is 0 Å². The first-order valence-corrected chi connectivity index (χ1v) is 6.97. The van der Waals surface area contributed by atoms with Crippen LogP contribution in [-0.4, -0.2) is 29.0 Å². The van der Waals surface area contributed by atoms with Crippen LogP contribution in [0.2, 0.25) is 0 Å². The van der Waals surface area contributed by atoms with Crippen molar-refractivity contribution in [2.24, 2.45) is 0 Å². The number of nitrogens with zero attached hydrogens (tertiary/aromatic N) is 1. The molecule has 0 aromatic carbocycles. The maximum Gasteiger partial charge on any atom is 0.222 e. The smallest absolute Gasteiger partial charge is 0.222 e. The second kappa shape index (κ2) is 5.25. The lowest BCUT2D eigenvalue weighted by Gasteiger charge is -2.31. The number of pyridine rings is 1. The molecule has 3 nitrogen and oxygen atoms in total. The third-order valence-corrected chi connectivity index (χ3v) is 4.18. The summed E-state index contributed by atoms with van der Waals surface area (Å²) in [6.45, 7) is 1.09. The molecule has 1 aromatic heterocycles. The molecule has 100 valence electrons. The van der Waals surface area contributed by atoms with Crippen LogP contribution in [0.1, 0.15) is 5.56 Å². The zero-order valence-corrected chi connectivity index (χ0v) is 11.6. The number of alkyl halides is 2. The van der Waals surface area contributed by atoms with Crippen LogP contribution >= 0.6 is 23.2 Å². The molecule has 3 rings (SSSR count). The highest BCUT2D eigenvalue weighted by molar-refractivity contribution is 6.31. The molecule has 1 saturated heterocycles. The molecule has 1 aliphatic carbocycles.